The van der Waals surface area contributed by atoms with Crippen molar-refractivity contribution in [2.75, 3.05) is 18.4 Å². The molecule has 0 saturated carbocycles. The molecule has 1 amide bonds. The van der Waals surface area contributed by atoms with Gasteiger partial charge in [-0.3, -0.25) is 19.8 Å². The van der Waals surface area contributed by atoms with E-state index in [9.17, 15) is 9.18 Å². The van der Waals surface area contributed by atoms with E-state index in [0.29, 0.717) is 0 Å². The van der Waals surface area contributed by atoms with Gasteiger partial charge in [0.15, 0.2) is 5.96 Å². The van der Waals surface area contributed by atoms with Gasteiger partial charge in [0.05, 0.1) is 27.8 Å². The predicted octanol–water partition coefficient (Wildman–Crippen LogP) is 2.69. The van der Waals surface area contributed by atoms with E-state index in [4.69, 9.17) is 5.73 Å². The second-order valence-corrected chi connectivity index (χ2v) is 6.27. The Morgan fingerprint density at radius 1 is 1.19 bits per heavy atom. The normalized spacial score (nSPS) is 12.6. The number of carbonyl (C=O) groups is 1. The quantitative estimate of drug-likeness (QED) is 0.579. The van der Waals surface area contributed by atoms with Crippen LogP contribution in [-0.4, -0.2) is 34.9 Å². The summed E-state index contributed by atoms with van der Waals surface area (Å²) < 4.78 is 13.4. The molecule has 0 radical (unpaired) electrons. The Hall–Kier alpha value is -3.07. The fraction of sp³-hybridized carbons (Fsp3) is 0.111. The topological polar surface area (TPSA) is 105 Å². The number of benzene rings is 2. The first-order valence-electron chi connectivity index (χ1n) is 8.05. The Kier molecular flexibility index (Phi) is 5.92. The number of halogens is 2. The number of hydrogen-bond donors (Lipinski definition) is 3. The minimum Gasteiger partial charge on any atom is -0.366 e. The molecule has 1 aliphatic rings. The van der Waals surface area contributed by atoms with Crippen LogP contribution in [0.2, 0.25) is 0 Å². The van der Waals surface area contributed by atoms with Crippen LogP contribution in [0.15, 0.2) is 58.3 Å². The molecule has 0 unspecified atom stereocenters. The number of fused-ring (bicyclic) bond motifs is 1. The second-order valence-electron chi connectivity index (χ2n) is 5.48. The summed E-state index contributed by atoms with van der Waals surface area (Å²) in [5.41, 5.74) is 7.42. The number of nitrogens with two attached hydrogens (primary N) is 1. The molecule has 0 saturated heterocycles. The fourth-order valence-corrected chi connectivity index (χ4v) is 2.91. The van der Waals surface area contributed by atoms with Crippen LogP contribution >= 0.6 is 15.9 Å². The van der Waals surface area contributed by atoms with Gasteiger partial charge >= 0.3 is 0 Å². The summed E-state index contributed by atoms with van der Waals surface area (Å²) in [7, 11) is 0. The van der Waals surface area contributed by atoms with Crippen LogP contribution in [0.25, 0.3) is 11.0 Å². The molecule has 9 heteroatoms. The molecule has 1 aromatic heterocycles. The molecule has 0 bridgehead atoms. The van der Waals surface area contributed by atoms with E-state index < -0.39 is 11.7 Å². The summed E-state index contributed by atoms with van der Waals surface area (Å²) in [6.07, 6.45) is 3.37. The predicted molar refractivity (Wildman–Crippen MR) is 106 cm³/mol. The van der Waals surface area contributed by atoms with Crippen LogP contribution in [0.3, 0.4) is 0 Å². The maximum absolute atomic E-state index is 12.5. The van der Waals surface area contributed by atoms with Crippen molar-refractivity contribution in [3.63, 3.8) is 0 Å². The summed E-state index contributed by atoms with van der Waals surface area (Å²) >= 11 is 3.54. The van der Waals surface area contributed by atoms with Crippen molar-refractivity contribution in [1.29, 1.82) is 0 Å². The molecule has 138 valence electrons. The molecule has 2 aromatic carbocycles. The molecule has 0 spiro atoms. The highest BCUT2D eigenvalue weighted by Crippen LogP contribution is 2.28. The molecule has 27 heavy (non-hydrogen) atoms. The number of anilines is 1. The van der Waals surface area contributed by atoms with E-state index in [1.54, 1.807) is 18.5 Å². The number of nitrogens with one attached hydrogen (secondary N) is 2. The highest BCUT2D eigenvalue weighted by molar-refractivity contribution is 9.10. The summed E-state index contributed by atoms with van der Waals surface area (Å²) in [5, 5.41) is 6.39. The zero-order valence-corrected chi connectivity index (χ0v) is 15.7. The lowest BCUT2D eigenvalue weighted by atomic mass is 10.2. The number of primary amides is 1. The van der Waals surface area contributed by atoms with E-state index in [2.05, 4.69) is 41.5 Å². The van der Waals surface area contributed by atoms with E-state index in [1.165, 1.54) is 18.2 Å². The van der Waals surface area contributed by atoms with Crippen molar-refractivity contribution in [3.05, 3.63) is 64.6 Å². The number of hydrogen-bond acceptors (Lipinski definition) is 6. The van der Waals surface area contributed by atoms with Crippen molar-refractivity contribution in [2.24, 2.45) is 10.7 Å². The summed E-state index contributed by atoms with van der Waals surface area (Å²) in [5.74, 6) is -0.512. The van der Waals surface area contributed by atoms with E-state index in [-0.39, 0.29) is 5.56 Å². The zero-order chi connectivity index (χ0) is 19.2. The van der Waals surface area contributed by atoms with Gasteiger partial charge in [-0.05, 0) is 40.2 Å². The lowest BCUT2D eigenvalue weighted by Gasteiger charge is -2.09. The largest absolute Gasteiger partial charge is 0.366 e. The highest BCUT2D eigenvalue weighted by atomic mass is 79.9. The van der Waals surface area contributed by atoms with Gasteiger partial charge in [-0.25, -0.2) is 4.39 Å². The first kappa shape index (κ1) is 18.7. The number of nitrogens with zero attached hydrogens (tertiary/aromatic N) is 3. The van der Waals surface area contributed by atoms with Gasteiger partial charge < -0.3 is 16.4 Å². The Morgan fingerprint density at radius 3 is 2.63 bits per heavy atom. The lowest BCUT2D eigenvalue weighted by molar-refractivity contribution is 0.0996. The third kappa shape index (κ3) is 4.56. The number of carbonyl (C=O) groups excluding carboxylic acids is 1. The van der Waals surface area contributed by atoms with Gasteiger partial charge in [-0.1, -0.05) is 12.1 Å². The summed E-state index contributed by atoms with van der Waals surface area (Å²) in [6.45, 7) is 1.70. The number of aliphatic imine (C=N–C) groups is 1. The average molecular weight is 431 g/mol. The number of guanidine groups is 1. The third-order valence-corrected chi connectivity index (χ3v) is 4.45. The molecule has 2 heterocycles. The molecule has 0 aliphatic carbocycles. The van der Waals surface area contributed by atoms with Gasteiger partial charge in [-0.15, -0.1) is 0 Å². The van der Waals surface area contributed by atoms with E-state index >= 15 is 0 Å². The molecular weight excluding hydrogens is 415 g/mol. The molecule has 3 aromatic rings. The standard InChI is InChI=1S/C11H10BrN5.C7H6FNO/c12-9-7(17-11-15-5-6-16-11)1-2-8-10(9)14-4-3-13-8;8-6-4-2-1-3-5(6)7(9)10/h1-4H,5-6H2,(H2,15,16,17);1-4H,(H2,9,10). The number of aromatic nitrogens is 2. The molecule has 7 nitrogen and oxygen atoms in total. The maximum Gasteiger partial charge on any atom is 0.251 e. The highest BCUT2D eigenvalue weighted by Gasteiger charge is 2.10. The van der Waals surface area contributed by atoms with Crippen LogP contribution < -0.4 is 16.4 Å². The SMILES string of the molecule is Brc1c(NC2=NCCN2)ccc2nccnc12.NC(=O)c1ccccc1F. The monoisotopic (exact) mass is 430 g/mol. The molecule has 0 atom stereocenters. The van der Waals surface area contributed by atoms with Crippen LogP contribution in [0.5, 0.6) is 0 Å². The molecule has 4 rings (SSSR count). The van der Waals surface area contributed by atoms with Crippen molar-refractivity contribution in [3.8, 4) is 0 Å². The number of rotatable bonds is 2. The van der Waals surface area contributed by atoms with Crippen molar-refractivity contribution in [2.45, 2.75) is 0 Å². The van der Waals surface area contributed by atoms with E-state index in [1.807, 2.05) is 12.1 Å². The van der Waals surface area contributed by atoms with Gasteiger partial charge in [0.2, 0.25) is 0 Å². The van der Waals surface area contributed by atoms with Crippen LogP contribution in [0.1, 0.15) is 10.4 Å². The van der Waals surface area contributed by atoms with Crippen molar-refractivity contribution < 1.29 is 9.18 Å². The maximum atomic E-state index is 12.5. The van der Waals surface area contributed by atoms with Gasteiger partial charge in [0, 0.05) is 18.9 Å². The molecule has 0 fully saturated rings. The van der Waals surface area contributed by atoms with Gasteiger partial charge in [0.1, 0.15) is 11.3 Å². The first-order chi connectivity index (χ1) is 13.1. The number of amides is 1. The first-order valence-corrected chi connectivity index (χ1v) is 8.84. The fourth-order valence-electron chi connectivity index (χ4n) is 2.37. The Bertz CT molecular complexity index is 1010. The smallest absolute Gasteiger partial charge is 0.251 e. The second kappa shape index (κ2) is 8.54. The third-order valence-electron chi connectivity index (χ3n) is 3.65. The Balaban J connectivity index is 0.000000180. The van der Waals surface area contributed by atoms with Crippen LogP contribution in [0, 0.1) is 5.82 Å². The molecule has 1 aliphatic heterocycles. The van der Waals surface area contributed by atoms with Gasteiger partial charge in [-0.2, -0.15) is 0 Å². The summed E-state index contributed by atoms with van der Waals surface area (Å²) in [4.78, 5) is 23.2. The minimum atomic E-state index is -0.738. The van der Waals surface area contributed by atoms with Crippen molar-refractivity contribution >= 4 is 44.5 Å². The molecule has 4 N–H and O–H groups in total. The van der Waals surface area contributed by atoms with Crippen LogP contribution in [-0.2, 0) is 0 Å². The van der Waals surface area contributed by atoms with E-state index in [0.717, 1.165) is 40.2 Å². The van der Waals surface area contributed by atoms with Gasteiger partial charge in [0.25, 0.3) is 5.91 Å². The summed E-state index contributed by atoms with van der Waals surface area (Å²) in [6, 6.07) is 9.50. The Labute approximate surface area is 163 Å². The van der Waals surface area contributed by atoms with Crippen molar-refractivity contribution in [1.82, 2.24) is 15.3 Å². The zero-order valence-electron chi connectivity index (χ0n) is 14.1. The average Bonchev–Trinajstić information content (AvgIpc) is 3.18. The Morgan fingerprint density at radius 2 is 1.96 bits per heavy atom. The van der Waals surface area contributed by atoms with Crippen LogP contribution in [0.4, 0.5) is 10.1 Å². The lowest BCUT2D eigenvalue weighted by Crippen LogP contribution is -2.26. The molecular formula is C18H16BrFN6O. The minimum absolute atomic E-state index is 0.0671.